The van der Waals surface area contributed by atoms with E-state index in [1.54, 1.807) is 0 Å². The van der Waals surface area contributed by atoms with Crippen LogP contribution in [0.3, 0.4) is 0 Å². The maximum Gasteiger partial charge on any atom is 0.0682 e. The molecule has 0 amide bonds. The predicted molar refractivity (Wildman–Crippen MR) is 75.7 cm³/mol. The molecule has 18 heavy (non-hydrogen) atoms. The molecule has 3 nitrogen and oxygen atoms in total. The fraction of sp³-hybridized carbons (Fsp3) is 0.333. The lowest BCUT2D eigenvalue weighted by molar-refractivity contribution is 0.193. The fourth-order valence-corrected chi connectivity index (χ4v) is 2.38. The molecule has 1 saturated heterocycles. The average molecular weight is 244 g/mol. The first-order chi connectivity index (χ1) is 8.61. The molecule has 0 saturated carbocycles. The molecular formula is C15H20N2O. The Morgan fingerprint density at radius 1 is 1.56 bits per heavy atom. The van der Waals surface area contributed by atoms with Crippen molar-refractivity contribution >= 4 is 11.8 Å². The Kier molecular flexibility index (Phi) is 3.84. The number of benzene rings is 1. The zero-order chi connectivity index (χ0) is 13.1. The molecule has 2 atom stereocenters. The zero-order valence-electron chi connectivity index (χ0n) is 10.7. The highest BCUT2D eigenvalue weighted by Crippen LogP contribution is 2.27. The molecule has 1 aliphatic rings. The van der Waals surface area contributed by atoms with Crippen LogP contribution in [-0.4, -0.2) is 17.8 Å². The molecule has 1 aromatic carbocycles. The molecule has 0 aromatic heterocycles. The molecule has 0 radical (unpaired) electrons. The second-order valence-corrected chi connectivity index (χ2v) is 4.72. The van der Waals surface area contributed by atoms with Gasteiger partial charge in [-0.15, -0.1) is 0 Å². The second-order valence-electron chi connectivity index (χ2n) is 4.72. The normalized spacial score (nSPS) is 23.7. The number of hydrogen-bond donors (Lipinski definition) is 3. The van der Waals surface area contributed by atoms with Gasteiger partial charge in [0, 0.05) is 23.8 Å². The van der Waals surface area contributed by atoms with Crippen LogP contribution >= 0.6 is 0 Å². The summed E-state index contributed by atoms with van der Waals surface area (Å²) >= 11 is 0. The van der Waals surface area contributed by atoms with E-state index in [0.29, 0.717) is 12.2 Å². The van der Waals surface area contributed by atoms with Crippen molar-refractivity contribution in [3.05, 3.63) is 47.5 Å². The molecule has 3 heteroatoms. The van der Waals surface area contributed by atoms with Crippen molar-refractivity contribution in [1.82, 2.24) is 5.32 Å². The summed E-state index contributed by atoms with van der Waals surface area (Å²) < 4.78 is 0. The van der Waals surface area contributed by atoms with Crippen LogP contribution < -0.4 is 11.1 Å². The van der Waals surface area contributed by atoms with Crippen molar-refractivity contribution in [2.45, 2.75) is 25.5 Å². The Balaban J connectivity index is 2.34. The van der Waals surface area contributed by atoms with Crippen LogP contribution in [0.4, 0.5) is 0 Å². The summed E-state index contributed by atoms with van der Waals surface area (Å²) in [5, 5.41) is 12.9. The Hall–Kier alpha value is -1.58. The maximum absolute atomic E-state index is 9.57. The molecular weight excluding hydrogens is 224 g/mol. The van der Waals surface area contributed by atoms with Gasteiger partial charge in [-0.1, -0.05) is 30.9 Å². The lowest BCUT2D eigenvalue weighted by Crippen LogP contribution is -2.15. The van der Waals surface area contributed by atoms with Crippen molar-refractivity contribution in [3.8, 4) is 0 Å². The highest BCUT2D eigenvalue weighted by atomic mass is 16.3. The van der Waals surface area contributed by atoms with Gasteiger partial charge in [0.1, 0.15) is 0 Å². The number of nitrogens with one attached hydrogen (secondary N) is 1. The minimum atomic E-state index is -0.246. The van der Waals surface area contributed by atoms with Crippen molar-refractivity contribution in [1.29, 1.82) is 0 Å². The maximum atomic E-state index is 9.57. The molecule has 2 rings (SSSR count). The summed E-state index contributed by atoms with van der Waals surface area (Å²) in [6.07, 6.45) is 4.53. The van der Waals surface area contributed by atoms with E-state index in [0.717, 1.165) is 17.5 Å². The Morgan fingerprint density at radius 3 is 2.89 bits per heavy atom. The van der Waals surface area contributed by atoms with Crippen molar-refractivity contribution in [2.75, 3.05) is 6.54 Å². The lowest BCUT2D eigenvalue weighted by atomic mass is 9.97. The number of aliphatic hydroxyl groups is 1. The monoisotopic (exact) mass is 244 g/mol. The SMILES string of the molecule is C=C(N)c1ccc(C2CC(O)CN2)cc1/C=C\C. The minimum Gasteiger partial charge on any atom is -0.399 e. The lowest BCUT2D eigenvalue weighted by Gasteiger charge is -2.14. The third-order valence-corrected chi connectivity index (χ3v) is 3.28. The first kappa shape index (κ1) is 12.9. The summed E-state index contributed by atoms with van der Waals surface area (Å²) in [5.41, 5.74) is 9.59. The van der Waals surface area contributed by atoms with Crippen LogP contribution in [0.25, 0.3) is 11.8 Å². The van der Waals surface area contributed by atoms with E-state index in [9.17, 15) is 5.11 Å². The molecule has 4 N–H and O–H groups in total. The Labute approximate surface area is 108 Å². The number of nitrogens with two attached hydrogens (primary N) is 1. The third-order valence-electron chi connectivity index (χ3n) is 3.28. The quantitative estimate of drug-likeness (QED) is 0.762. The third kappa shape index (κ3) is 2.63. The number of rotatable bonds is 3. The first-order valence-electron chi connectivity index (χ1n) is 6.24. The van der Waals surface area contributed by atoms with Crippen LogP contribution in [-0.2, 0) is 0 Å². The van der Waals surface area contributed by atoms with Crippen LogP contribution in [0.5, 0.6) is 0 Å². The molecule has 2 unspecified atom stereocenters. The topological polar surface area (TPSA) is 58.3 Å². The van der Waals surface area contributed by atoms with Gasteiger partial charge in [-0.05, 0) is 30.5 Å². The highest BCUT2D eigenvalue weighted by Gasteiger charge is 2.23. The van der Waals surface area contributed by atoms with Gasteiger partial charge in [-0.3, -0.25) is 0 Å². The number of aliphatic hydroxyl groups excluding tert-OH is 1. The van der Waals surface area contributed by atoms with Gasteiger partial charge in [-0.25, -0.2) is 0 Å². The van der Waals surface area contributed by atoms with Crippen molar-refractivity contribution < 1.29 is 5.11 Å². The molecule has 96 valence electrons. The summed E-state index contributed by atoms with van der Waals surface area (Å²) in [4.78, 5) is 0. The standard InChI is InChI=1S/C15H20N2O/c1-3-4-11-7-12(5-6-14(11)10(2)16)15-8-13(18)9-17-15/h3-7,13,15,17-18H,2,8-9,16H2,1H3/b4-3-. The second kappa shape index (κ2) is 5.38. The Bertz CT molecular complexity index is 479. The van der Waals surface area contributed by atoms with Crippen LogP contribution in [0.1, 0.15) is 36.1 Å². The number of allylic oxidation sites excluding steroid dienone is 1. The van der Waals surface area contributed by atoms with E-state index >= 15 is 0 Å². The summed E-state index contributed by atoms with van der Waals surface area (Å²) in [7, 11) is 0. The van der Waals surface area contributed by atoms with E-state index in [4.69, 9.17) is 5.73 Å². The molecule has 0 spiro atoms. The first-order valence-corrected chi connectivity index (χ1v) is 6.24. The highest BCUT2D eigenvalue weighted by molar-refractivity contribution is 5.71. The van der Waals surface area contributed by atoms with E-state index in [1.807, 2.05) is 25.1 Å². The van der Waals surface area contributed by atoms with Crippen molar-refractivity contribution in [2.24, 2.45) is 5.73 Å². The van der Waals surface area contributed by atoms with Gasteiger partial charge in [0.15, 0.2) is 0 Å². The van der Waals surface area contributed by atoms with Gasteiger partial charge < -0.3 is 16.2 Å². The number of hydrogen-bond acceptors (Lipinski definition) is 3. The molecule has 0 aliphatic carbocycles. The predicted octanol–water partition coefficient (Wildman–Crippen LogP) is 2.04. The Morgan fingerprint density at radius 2 is 2.33 bits per heavy atom. The van der Waals surface area contributed by atoms with Crippen LogP contribution in [0, 0.1) is 0 Å². The van der Waals surface area contributed by atoms with Crippen LogP contribution in [0.15, 0.2) is 30.9 Å². The van der Waals surface area contributed by atoms with Gasteiger partial charge in [0.2, 0.25) is 0 Å². The van der Waals surface area contributed by atoms with Gasteiger partial charge in [0.05, 0.1) is 6.10 Å². The van der Waals surface area contributed by atoms with Gasteiger partial charge >= 0.3 is 0 Å². The molecule has 1 aliphatic heterocycles. The fourth-order valence-electron chi connectivity index (χ4n) is 2.38. The van der Waals surface area contributed by atoms with Gasteiger partial charge in [-0.2, -0.15) is 0 Å². The zero-order valence-corrected chi connectivity index (χ0v) is 10.7. The smallest absolute Gasteiger partial charge is 0.0682 e. The average Bonchev–Trinajstić information content (AvgIpc) is 2.76. The molecule has 1 heterocycles. The van der Waals surface area contributed by atoms with Crippen LogP contribution in [0.2, 0.25) is 0 Å². The van der Waals surface area contributed by atoms with E-state index in [2.05, 4.69) is 24.0 Å². The van der Waals surface area contributed by atoms with Crippen molar-refractivity contribution in [3.63, 3.8) is 0 Å². The summed E-state index contributed by atoms with van der Waals surface area (Å²) in [5.74, 6) is 0. The largest absolute Gasteiger partial charge is 0.399 e. The molecule has 1 aromatic rings. The van der Waals surface area contributed by atoms with Gasteiger partial charge in [0.25, 0.3) is 0 Å². The van der Waals surface area contributed by atoms with E-state index in [1.165, 1.54) is 5.56 Å². The van der Waals surface area contributed by atoms with E-state index < -0.39 is 0 Å². The minimum absolute atomic E-state index is 0.226. The van der Waals surface area contributed by atoms with E-state index in [-0.39, 0.29) is 12.1 Å². The molecule has 0 bridgehead atoms. The summed E-state index contributed by atoms with van der Waals surface area (Å²) in [6.45, 7) is 6.44. The summed E-state index contributed by atoms with van der Waals surface area (Å²) in [6, 6.07) is 6.39. The molecule has 1 fully saturated rings. The number of β-amino-alcohol motifs (C(OH)–C–C–N with tert-alkyl or cyclic N) is 1.